The van der Waals surface area contributed by atoms with Crippen LogP contribution in [0.1, 0.15) is 17.9 Å². The minimum absolute atomic E-state index is 0.00694. The summed E-state index contributed by atoms with van der Waals surface area (Å²) in [4.78, 5) is 12.4. The number of para-hydroxylation sites is 1. The minimum Gasteiger partial charge on any atom is -0.493 e. The lowest BCUT2D eigenvalue weighted by molar-refractivity contribution is -0.124. The van der Waals surface area contributed by atoms with Gasteiger partial charge >= 0.3 is 0 Å². The molecule has 0 fully saturated rings. The van der Waals surface area contributed by atoms with Crippen molar-refractivity contribution in [3.8, 4) is 5.75 Å². The van der Waals surface area contributed by atoms with Crippen molar-refractivity contribution in [2.24, 2.45) is 0 Å². The van der Waals surface area contributed by atoms with Crippen LogP contribution in [0.5, 0.6) is 5.75 Å². The van der Waals surface area contributed by atoms with Crippen molar-refractivity contribution in [2.45, 2.75) is 18.4 Å². The van der Waals surface area contributed by atoms with Crippen molar-refractivity contribution >= 4 is 21.8 Å². The standard InChI is InChI=1S/C14H18BrNO3/c1-18-9-10(8-15)16-14(17)12-6-7-19-13-5-3-2-4-11(12)13/h2-5,10,12H,6-9H2,1H3,(H,16,17). The molecule has 0 aliphatic carbocycles. The third-order valence-electron chi connectivity index (χ3n) is 3.18. The zero-order valence-corrected chi connectivity index (χ0v) is 12.5. The van der Waals surface area contributed by atoms with E-state index in [1.54, 1.807) is 7.11 Å². The topological polar surface area (TPSA) is 47.6 Å². The zero-order valence-electron chi connectivity index (χ0n) is 10.9. The molecule has 0 aromatic heterocycles. The van der Waals surface area contributed by atoms with Gasteiger partial charge < -0.3 is 14.8 Å². The Morgan fingerprint density at radius 1 is 1.58 bits per heavy atom. The molecule has 1 N–H and O–H groups in total. The Kier molecular flexibility index (Phi) is 5.22. The van der Waals surface area contributed by atoms with Crippen molar-refractivity contribution in [3.05, 3.63) is 29.8 Å². The number of amides is 1. The molecule has 4 nitrogen and oxygen atoms in total. The molecule has 5 heteroatoms. The fraction of sp³-hybridized carbons (Fsp3) is 0.500. The van der Waals surface area contributed by atoms with E-state index in [2.05, 4.69) is 21.2 Å². The third kappa shape index (κ3) is 3.48. The lowest BCUT2D eigenvalue weighted by Gasteiger charge is -2.26. The smallest absolute Gasteiger partial charge is 0.228 e. The molecular weight excluding hydrogens is 310 g/mol. The first kappa shape index (κ1) is 14.3. The molecule has 1 aliphatic heterocycles. The number of carbonyl (C=O) groups is 1. The zero-order chi connectivity index (χ0) is 13.7. The van der Waals surface area contributed by atoms with E-state index >= 15 is 0 Å². The van der Waals surface area contributed by atoms with Gasteiger partial charge in [0.05, 0.1) is 25.2 Å². The van der Waals surface area contributed by atoms with Gasteiger partial charge in [-0.3, -0.25) is 4.79 Å². The Labute approximate surface area is 121 Å². The van der Waals surface area contributed by atoms with Gasteiger partial charge in [0.25, 0.3) is 0 Å². The average Bonchev–Trinajstić information content (AvgIpc) is 2.46. The maximum Gasteiger partial charge on any atom is 0.228 e. The summed E-state index contributed by atoms with van der Waals surface area (Å²) in [6.07, 6.45) is 0.713. The number of carbonyl (C=O) groups excluding carboxylic acids is 1. The normalized spacial score (nSPS) is 19.2. The average molecular weight is 328 g/mol. The van der Waals surface area contributed by atoms with Gasteiger partial charge in [-0.15, -0.1) is 0 Å². The van der Waals surface area contributed by atoms with Crippen LogP contribution >= 0.6 is 15.9 Å². The second-order valence-electron chi connectivity index (χ2n) is 4.54. The van der Waals surface area contributed by atoms with E-state index in [9.17, 15) is 4.79 Å². The second kappa shape index (κ2) is 6.91. The Morgan fingerprint density at radius 2 is 2.37 bits per heavy atom. The van der Waals surface area contributed by atoms with E-state index in [0.29, 0.717) is 25.0 Å². The van der Waals surface area contributed by atoms with Crippen LogP contribution in [0.25, 0.3) is 0 Å². The number of fused-ring (bicyclic) bond motifs is 1. The fourth-order valence-corrected chi connectivity index (χ4v) is 2.59. The molecule has 2 atom stereocenters. The van der Waals surface area contributed by atoms with Crippen LogP contribution in [0.4, 0.5) is 0 Å². The molecule has 1 heterocycles. The first-order valence-electron chi connectivity index (χ1n) is 6.33. The van der Waals surface area contributed by atoms with E-state index in [0.717, 1.165) is 11.3 Å². The Morgan fingerprint density at radius 3 is 3.11 bits per heavy atom. The molecular formula is C14H18BrNO3. The fourth-order valence-electron chi connectivity index (χ4n) is 2.24. The molecule has 0 saturated heterocycles. The Bertz CT molecular complexity index is 438. The summed E-state index contributed by atoms with van der Waals surface area (Å²) < 4.78 is 10.7. The number of ether oxygens (including phenoxy) is 2. The van der Waals surface area contributed by atoms with Gasteiger partial charge in [-0.05, 0) is 12.5 Å². The highest BCUT2D eigenvalue weighted by atomic mass is 79.9. The van der Waals surface area contributed by atoms with Crippen molar-refractivity contribution in [2.75, 3.05) is 25.7 Å². The van der Waals surface area contributed by atoms with Crippen LogP contribution in [0.2, 0.25) is 0 Å². The van der Waals surface area contributed by atoms with E-state index in [1.807, 2.05) is 24.3 Å². The second-order valence-corrected chi connectivity index (χ2v) is 5.19. The molecule has 1 aromatic rings. The first-order valence-corrected chi connectivity index (χ1v) is 7.45. The maximum atomic E-state index is 12.4. The van der Waals surface area contributed by atoms with Gasteiger partial charge in [0.15, 0.2) is 0 Å². The van der Waals surface area contributed by atoms with Crippen molar-refractivity contribution < 1.29 is 14.3 Å². The van der Waals surface area contributed by atoms with Gasteiger partial charge in [0.2, 0.25) is 5.91 Å². The lowest BCUT2D eigenvalue weighted by Crippen LogP contribution is -2.42. The number of hydrogen-bond acceptors (Lipinski definition) is 3. The van der Waals surface area contributed by atoms with Gasteiger partial charge in [-0.25, -0.2) is 0 Å². The summed E-state index contributed by atoms with van der Waals surface area (Å²) in [5.74, 6) is 0.719. The molecule has 0 radical (unpaired) electrons. The minimum atomic E-state index is -0.136. The van der Waals surface area contributed by atoms with E-state index in [4.69, 9.17) is 9.47 Å². The third-order valence-corrected chi connectivity index (χ3v) is 3.96. The lowest BCUT2D eigenvalue weighted by atomic mass is 9.92. The molecule has 2 rings (SSSR count). The number of rotatable bonds is 5. The van der Waals surface area contributed by atoms with Crippen LogP contribution in [-0.2, 0) is 9.53 Å². The molecule has 1 amide bonds. The summed E-state index contributed by atoms with van der Waals surface area (Å²) in [5, 5.41) is 3.69. The monoisotopic (exact) mass is 327 g/mol. The molecule has 104 valence electrons. The van der Waals surface area contributed by atoms with Crippen molar-refractivity contribution in [3.63, 3.8) is 0 Å². The summed E-state index contributed by atoms with van der Waals surface area (Å²) in [6.45, 7) is 1.08. The largest absolute Gasteiger partial charge is 0.493 e. The molecule has 0 saturated carbocycles. The maximum absolute atomic E-state index is 12.4. The quantitative estimate of drug-likeness (QED) is 0.842. The number of hydrogen-bond donors (Lipinski definition) is 1. The van der Waals surface area contributed by atoms with Gasteiger partial charge in [0, 0.05) is 18.0 Å². The van der Waals surface area contributed by atoms with Gasteiger partial charge in [0.1, 0.15) is 5.75 Å². The highest BCUT2D eigenvalue weighted by Crippen LogP contribution is 2.33. The summed E-state index contributed by atoms with van der Waals surface area (Å²) in [5.41, 5.74) is 0.969. The van der Waals surface area contributed by atoms with E-state index in [-0.39, 0.29) is 17.9 Å². The van der Waals surface area contributed by atoms with Crippen LogP contribution in [0, 0.1) is 0 Å². The van der Waals surface area contributed by atoms with Gasteiger partial charge in [-0.2, -0.15) is 0 Å². The predicted molar refractivity (Wildman–Crippen MR) is 76.9 cm³/mol. The number of alkyl halides is 1. The summed E-state index contributed by atoms with van der Waals surface area (Å²) in [7, 11) is 1.63. The molecule has 0 bridgehead atoms. The van der Waals surface area contributed by atoms with Crippen molar-refractivity contribution in [1.82, 2.24) is 5.32 Å². The van der Waals surface area contributed by atoms with Crippen LogP contribution in [-0.4, -0.2) is 37.6 Å². The molecule has 19 heavy (non-hydrogen) atoms. The summed E-state index contributed by atoms with van der Waals surface area (Å²) in [6, 6.07) is 7.72. The predicted octanol–water partition coefficient (Wildman–Crippen LogP) is 2.08. The molecule has 0 spiro atoms. The number of benzene rings is 1. The van der Waals surface area contributed by atoms with Crippen molar-refractivity contribution in [1.29, 1.82) is 0 Å². The Balaban J connectivity index is 2.08. The van der Waals surface area contributed by atoms with E-state index in [1.165, 1.54) is 0 Å². The SMILES string of the molecule is COCC(CBr)NC(=O)C1CCOc2ccccc21. The van der Waals surface area contributed by atoms with Gasteiger partial charge in [-0.1, -0.05) is 34.1 Å². The highest BCUT2D eigenvalue weighted by Gasteiger charge is 2.28. The number of methoxy groups -OCH3 is 1. The van der Waals surface area contributed by atoms with Crippen LogP contribution in [0.3, 0.4) is 0 Å². The van der Waals surface area contributed by atoms with E-state index < -0.39 is 0 Å². The molecule has 1 aromatic carbocycles. The Hall–Kier alpha value is -1.07. The first-order chi connectivity index (χ1) is 9.26. The van der Waals surface area contributed by atoms with Crippen LogP contribution in [0.15, 0.2) is 24.3 Å². The molecule has 1 aliphatic rings. The summed E-state index contributed by atoms with van der Waals surface area (Å²) >= 11 is 3.38. The number of nitrogens with one attached hydrogen (secondary N) is 1. The molecule has 2 unspecified atom stereocenters. The number of halogens is 1. The highest BCUT2D eigenvalue weighted by molar-refractivity contribution is 9.09. The van der Waals surface area contributed by atoms with Crippen LogP contribution < -0.4 is 10.1 Å².